The van der Waals surface area contributed by atoms with E-state index >= 15 is 0 Å². The number of hydrogen-bond acceptors (Lipinski definition) is 7. The lowest BCUT2D eigenvalue weighted by atomic mass is 9.99. The largest absolute Gasteiger partial charge is 0.162 e. The van der Waals surface area contributed by atoms with Gasteiger partial charge in [-0.25, -0.2) is 0 Å². The summed E-state index contributed by atoms with van der Waals surface area (Å²) >= 11 is 15.4. The van der Waals surface area contributed by atoms with Crippen molar-refractivity contribution in [1.82, 2.24) is 0 Å². The van der Waals surface area contributed by atoms with Crippen molar-refractivity contribution in [3.05, 3.63) is 0 Å². The maximum atomic E-state index is 2.32. The fourth-order valence-electron chi connectivity index (χ4n) is 2.28. The minimum absolute atomic E-state index is 0.569. The normalized spacial score (nSPS) is 30.9. The molecule has 3 heterocycles. The molecule has 134 valence electrons. The molecule has 23 heavy (non-hydrogen) atoms. The van der Waals surface area contributed by atoms with Gasteiger partial charge in [-0.2, -0.15) is 82.3 Å². The number of thioether (sulfide) groups is 7. The standard InChI is InChI=1S/C16H28S7/c1-2-17-9-16(10-18-3-13-6-21-13,11-19-4-14-7-22-14)12-20-5-15-8-23-15/h13-15H,2-12H2,1H3. The minimum atomic E-state index is 0.569. The Balaban J connectivity index is 1.47. The van der Waals surface area contributed by atoms with Crippen molar-refractivity contribution in [3.63, 3.8) is 0 Å². The van der Waals surface area contributed by atoms with Crippen molar-refractivity contribution in [1.29, 1.82) is 0 Å². The fourth-order valence-corrected chi connectivity index (χ4v) is 10.9. The highest BCUT2D eigenvalue weighted by atomic mass is 32.2. The van der Waals surface area contributed by atoms with Gasteiger partial charge in [-0.3, -0.25) is 0 Å². The third-order valence-electron chi connectivity index (χ3n) is 3.96. The molecule has 3 atom stereocenters. The number of rotatable bonds is 15. The van der Waals surface area contributed by atoms with Crippen molar-refractivity contribution in [2.24, 2.45) is 5.41 Å². The summed E-state index contributed by atoms with van der Waals surface area (Å²) < 4.78 is 0. The first-order valence-corrected chi connectivity index (χ1v) is 16.2. The van der Waals surface area contributed by atoms with Crippen LogP contribution in [-0.2, 0) is 0 Å². The molecular weight excluding hydrogens is 417 g/mol. The van der Waals surface area contributed by atoms with E-state index < -0.39 is 0 Å². The third kappa shape index (κ3) is 8.79. The second-order valence-corrected chi connectivity index (χ2v) is 14.9. The Morgan fingerprint density at radius 2 is 1.04 bits per heavy atom. The van der Waals surface area contributed by atoms with E-state index in [1.807, 2.05) is 0 Å². The molecule has 0 aromatic carbocycles. The lowest BCUT2D eigenvalue weighted by Gasteiger charge is -2.33. The Hall–Kier alpha value is 2.45. The van der Waals surface area contributed by atoms with E-state index in [1.165, 1.54) is 63.3 Å². The van der Waals surface area contributed by atoms with E-state index in [2.05, 4.69) is 89.3 Å². The highest BCUT2D eigenvalue weighted by Gasteiger charge is 2.34. The van der Waals surface area contributed by atoms with E-state index in [1.54, 1.807) is 0 Å². The first-order chi connectivity index (χ1) is 11.3. The molecule has 0 spiro atoms. The van der Waals surface area contributed by atoms with Crippen LogP contribution in [0.15, 0.2) is 0 Å². The Morgan fingerprint density at radius 3 is 1.35 bits per heavy atom. The predicted molar refractivity (Wildman–Crippen MR) is 126 cm³/mol. The Labute approximate surface area is 172 Å². The topological polar surface area (TPSA) is 0 Å². The molecule has 7 heteroatoms. The predicted octanol–water partition coefficient (Wildman–Crippen LogP) is 5.27. The summed E-state index contributed by atoms with van der Waals surface area (Å²) in [5, 5.41) is 2.97. The van der Waals surface area contributed by atoms with Crippen LogP contribution >= 0.6 is 82.3 Å². The quantitative estimate of drug-likeness (QED) is 0.311. The Kier molecular flexibility index (Phi) is 9.39. The molecule has 0 bridgehead atoms. The van der Waals surface area contributed by atoms with Crippen molar-refractivity contribution in [2.45, 2.75) is 22.7 Å². The smallest absolute Gasteiger partial charge is 0.0229 e. The number of hydrogen-bond donors (Lipinski definition) is 0. The summed E-state index contributed by atoms with van der Waals surface area (Å²) in [6, 6.07) is 0. The molecular formula is C16H28S7. The Morgan fingerprint density at radius 1 is 0.696 bits per heavy atom. The Bertz CT molecular complexity index is 294. The fraction of sp³-hybridized carbons (Fsp3) is 1.00. The van der Waals surface area contributed by atoms with Gasteiger partial charge in [0.25, 0.3) is 0 Å². The van der Waals surface area contributed by atoms with Crippen LogP contribution in [0.3, 0.4) is 0 Å². The van der Waals surface area contributed by atoms with Crippen LogP contribution < -0.4 is 0 Å². The van der Waals surface area contributed by atoms with Gasteiger partial charge < -0.3 is 0 Å². The molecule has 3 aliphatic rings. The molecule has 0 aliphatic carbocycles. The van der Waals surface area contributed by atoms with Gasteiger partial charge in [-0.05, 0) is 5.75 Å². The van der Waals surface area contributed by atoms with Crippen LogP contribution in [0.1, 0.15) is 6.92 Å². The minimum Gasteiger partial charge on any atom is -0.162 e. The lowest BCUT2D eigenvalue weighted by molar-refractivity contribution is 0.516. The molecule has 3 rings (SSSR count). The van der Waals surface area contributed by atoms with E-state index in [-0.39, 0.29) is 0 Å². The first-order valence-electron chi connectivity index (χ1n) is 8.45. The lowest BCUT2D eigenvalue weighted by Crippen LogP contribution is -2.34. The monoisotopic (exact) mass is 444 g/mol. The van der Waals surface area contributed by atoms with Gasteiger partial charge in [-0.15, -0.1) is 0 Å². The summed E-state index contributed by atoms with van der Waals surface area (Å²) in [4.78, 5) is 0. The van der Waals surface area contributed by atoms with Crippen LogP contribution in [0, 0.1) is 5.41 Å². The molecule has 0 N–H and O–H groups in total. The molecule has 3 fully saturated rings. The summed E-state index contributed by atoms with van der Waals surface area (Å²) in [5.41, 5.74) is 0.569. The summed E-state index contributed by atoms with van der Waals surface area (Å²) in [6.07, 6.45) is 0. The van der Waals surface area contributed by atoms with E-state index in [9.17, 15) is 0 Å². The van der Waals surface area contributed by atoms with Crippen LogP contribution in [0.25, 0.3) is 0 Å². The third-order valence-corrected chi connectivity index (χ3v) is 13.1. The highest BCUT2D eigenvalue weighted by molar-refractivity contribution is 8.09. The van der Waals surface area contributed by atoms with E-state index in [4.69, 9.17) is 0 Å². The van der Waals surface area contributed by atoms with Crippen molar-refractivity contribution >= 4 is 82.3 Å². The molecule has 3 unspecified atom stereocenters. The van der Waals surface area contributed by atoms with Crippen molar-refractivity contribution < 1.29 is 0 Å². The maximum absolute atomic E-state index is 2.32. The van der Waals surface area contributed by atoms with Gasteiger partial charge in [0.1, 0.15) is 0 Å². The zero-order valence-corrected chi connectivity index (χ0v) is 19.6. The average Bonchev–Trinajstić information content (AvgIpc) is 3.35. The van der Waals surface area contributed by atoms with Gasteiger partial charge in [0, 0.05) is 78.7 Å². The van der Waals surface area contributed by atoms with Gasteiger partial charge in [0.2, 0.25) is 0 Å². The van der Waals surface area contributed by atoms with Gasteiger partial charge in [-0.1, -0.05) is 6.92 Å². The summed E-state index contributed by atoms with van der Waals surface area (Å²) in [6.45, 7) is 2.32. The van der Waals surface area contributed by atoms with E-state index in [0.29, 0.717) is 5.41 Å². The molecule has 3 saturated heterocycles. The van der Waals surface area contributed by atoms with Crippen molar-refractivity contribution in [2.75, 3.05) is 63.3 Å². The molecule has 0 amide bonds. The molecule has 0 aromatic rings. The maximum Gasteiger partial charge on any atom is 0.0229 e. The van der Waals surface area contributed by atoms with E-state index in [0.717, 1.165) is 15.7 Å². The highest BCUT2D eigenvalue weighted by Crippen LogP contribution is 2.42. The SMILES string of the molecule is CCSCC(CSCC1CS1)(CSCC1CS1)CSCC1CS1. The van der Waals surface area contributed by atoms with Crippen LogP contribution in [0.5, 0.6) is 0 Å². The summed E-state index contributed by atoms with van der Waals surface area (Å²) in [5.74, 6) is 15.3. The van der Waals surface area contributed by atoms with Crippen molar-refractivity contribution in [3.8, 4) is 0 Å². The molecule has 0 saturated carbocycles. The van der Waals surface area contributed by atoms with Crippen LogP contribution in [0.4, 0.5) is 0 Å². The zero-order chi connectivity index (χ0) is 16.0. The molecule has 0 aromatic heterocycles. The molecule has 3 aliphatic heterocycles. The first kappa shape index (κ1) is 20.2. The second kappa shape index (κ2) is 10.7. The zero-order valence-electron chi connectivity index (χ0n) is 13.9. The van der Waals surface area contributed by atoms with Gasteiger partial charge in [0.15, 0.2) is 0 Å². The van der Waals surface area contributed by atoms with Crippen LogP contribution in [0.2, 0.25) is 0 Å². The van der Waals surface area contributed by atoms with Gasteiger partial charge >= 0.3 is 0 Å². The average molecular weight is 445 g/mol. The summed E-state index contributed by atoms with van der Waals surface area (Å²) in [7, 11) is 0. The van der Waals surface area contributed by atoms with Crippen LogP contribution in [-0.4, -0.2) is 79.0 Å². The second-order valence-electron chi connectivity index (χ2n) is 6.55. The molecule has 0 radical (unpaired) electrons. The molecule has 0 nitrogen and oxygen atoms in total. The van der Waals surface area contributed by atoms with Gasteiger partial charge in [0.05, 0.1) is 0 Å².